The third-order valence-corrected chi connectivity index (χ3v) is 22.4. The van der Waals surface area contributed by atoms with Gasteiger partial charge in [-0.2, -0.15) is 0 Å². The molecular formula is C108H79ClN-. The molecule has 20 rings (SSSR count). The maximum absolute atomic E-state index is 6.20. The van der Waals surface area contributed by atoms with Gasteiger partial charge in [-0.3, -0.25) is 0 Å². The van der Waals surface area contributed by atoms with Crippen LogP contribution in [0.1, 0.15) is 55.6 Å². The molecule has 0 bridgehead atoms. The molecule has 18 aromatic rings. The summed E-state index contributed by atoms with van der Waals surface area (Å²) in [5.41, 5.74) is 30.7. The minimum absolute atomic E-state index is 0. The minimum Gasteiger partial charge on any atom is -0.358 e. The van der Waals surface area contributed by atoms with E-state index in [1.54, 1.807) is 0 Å². The van der Waals surface area contributed by atoms with Crippen LogP contribution >= 0.6 is 11.6 Å². The van der Waals surface area contributed by atoms with Gasteiger partial charge in [-0.05, 0) is 199 Å². The Morgan fingerprint density at radius 1 is 0.209 bits per heavy atom. The van der Waals surface area contributed by atoms with Gasteiger partial charge in [-0.15, -0.1) is 0 Å². The van der Waals surface area contributed by atoms with Crippen molar-refractivity contribution < 1.29 is 0 Å². The Hall–Kier alpha value is -13.4. The van der Waals surface area contributed by atoms with Gasteiger partial charge < -0.3 is 12.3 Å². The number of rotatable bonds is 13. The third-order valence-electron chi connectivity index (χ3n) is 22.1. The highest BCUT2D eigenvalue weighted by Gasteiger charge is 2.48. The molecule has 0 saturated heterocycles. The predicted molar refractivity (Wildman–Crippen MR) is 466 cm³/mol. The zero-order chi connectivity index (χ0) is 72.9. The first-order valence-electron chi connectivity index (χ1n) is 37.6. The Morgan fingerprint density at radius 2 is 0.482 bits per heavy atom. The van der Waals surface area contributed by atoms with Gasteiger partial charge in [0.15, 0.2) is 0 Å². The van der Waals surface area contributed by atoms with Crippen molar-refractivity contribution in [2.75, 3.05) is 4.90 Å². The maximum atomic E-state index is 6.20. The highest BCUT2D eigenvalue weighted by atomic mass is 35.5. The zero-order valence-electron chi connectivity index (χ0n) is 61.3. The SMILES string of the molecule is Clc1ccc(-c2cccc3c2-c2ccccc2C3(c2ccccc2)c2ccccc2)cc1.[CH3-].c1ccc(Cc2ccc(-c3cccc4ccccc34)cc2)cc1.c1ccc(N(c2ccc(-c3cccc4c3-c3ccccc3C4(c3ccccc3)c3ccccc3)cc2)c2ccc(-c3cccc4ccccc34)cc2)cc1. The maximum Gasteiger partial charge on any atom is 0.0713 e. The first-order chi connectivity index (χ1) is 54.0. The molecule has 0 fully saturated rings. The van der Waals surface area contributed by atoms with E-state index >= 15 is 0 Å². The highest BCUT2D eigenvalue weighted by Crippen LogP contribution is 2.60. The van der Waals surface area contributed by atoms with E-state index in [0.29, 0.717) is 0 Å². The van der Waals surface area contributed by atoms with E-state index in [1.165, 1.54) is 144 Å². The second kappa shape index (κ2) is 30.8. The van der Waals surface area contributed by atoms with Gasteiger partial charge >= 0.3 is 0 Å². The molecule has 18 aromatic carbocycles. The van der Waals surface area contributed by atoms with Crippen LogP contribution in [0.3, 0.4) is 0 Å². The molecular weight excluding hydrogens is 1350 g/mol. The molecule has 2 aliphatic carbocycles. The van der Waals surface area contributed by atoms with Gasteiger partial charge in [0.25, 0.3) is 0 Å². The monoisotopic (exact) mass is 1420 g/mol. The summed E-state index contributed by atoms with van der Waals surface area (Å²) in [5, 5.41) is 5.88. The van der Waals surface area contributed by atoms with Crippen LogP contribution in [0, 0.1) is 7.43 Å². The van der Waals surface area contributed by atoms with E-state index in [0.717, 1.165) is 28.5 Å². The molecule has 2 heteroatoms. The van der Waals surface area contributed by atoms with E-state index in [4.69, 9.17) is 11.6 Å². The average molecular weight is 1430 g/mol. The van der Waals surface area contributed by atoms with Crippen LogP contribution in [0.4, 0.5) is 17.1 Å². The summed E-state index contributed by atoms with van der Waals surface area (Å²) in [5.74, 6) is 0. The van der Waals surface area contributed by atoms with Crippen LogP contribution in [0.15, 0.2) is 449 Å². The Balaban J connectivity index is 0.000000133. The number of para-hydroxylation sites is 1. The van der Waals surface area contributed by atoms with Crippen molar-refractivity contribution in [3.8, 4) is 66.8 Å². The Morgan fingerprint density at radius 3 is 0.900 bits per heavy atom. The van der Waals surface area contributed by atoms with E-state index in [1.807, 2.05) is 12.1 Å². The normalized spacial score (nSPS) is 12.3. The van der Waals surface area contributed by atoms with Crippen molar-refractivity contribution in [1.29, 1.82) is 0 Å². The fourth-order valence-electron chi connectivity index (χ4n) is 17.3. The second-order valence-electron chi connectivity index (χ2n) is 28.2. The minimum atomic E-state index is -0.424. The lowest BCUT2D eigenvalue weighted by Gasteiger charge is -2.34. The zero-order valence-corrected chi connectivity index (χ0v) is 62.0. The summed E-state index contributed by atoms with van der Waals surface area (Å²) >= 11 is 6.20. The van der Waals surface area contributed by atoms with Crippen molar-refractivity contribution in [3.63, 3.8) is 0 Å². The van der Waals surface area contributed by atoms with Crippen LogP contribution < -0.4 is 4.90 Å². The quantitative estimate of drug-likeness (QED) is 0.104. The predicted octanol–water partition coefficient (Wildman–Crippen LogP) is 28.9. The summed E-state index contributed by atoms with van der Waals surface area (Å²) in [6, 6.07) is 162. The van der Waals surface area contributed by atoms with E-state index in [2.05, 4.69) is 442 Å². The Bertz CT molecular complexity index is 6110. The fraction of sp³-hybridized carbons (Fsp3) is 0.0278. The molecule has 0 atom stereocenters. The van der Waals surface area contributed by atoms with Gasteiger partial charge in [0, 0.05) is 22.1 Å². The van der Waals surface area contributed by atoms with Crippen molar-refractivity contribution in [1.82, 2.24) is 0 Å². The van der Waals surface area contributed by atoms with Gasteiger partial charge in [0.2, 0.25) is 0 Å². The molecule has 524 valence electrons. The third kappa shape index (κ3) is 12.8. The fourth-order valence-corrected chi connectivity index (χ4v) is 17.4. The van der Waals surface area contributed by atoms with Crippen LogP contribution in [0.2, 0.25) is 5.02 Å². The molecule has 0 aromatic heterocycles. The summed E-state index contributed by atoms with van der Waals surface area (Å²) in [4.78, 5) is 2.34. The molecule has 2 aliphatic rings. The smallest absolute Gasteiger partial charge is 0.0713 e. The lowest BCUT2D eigenvalue weighted by atomic mass is 9.67. The number of fused-ring (bicyclic) bond motifs is 8. The van der Waals surface area contributed by atoms with E-state index < -0.39 is 5.41 Å². The molecule has 0 saturated carbocycles. The van der Waals surface area contributed by atoms with Crippen LogP contribution in [0.25, 0.3) is 88.3 Å². The second-order valence-corrected chi connectivity index (χ2v) is 28.6. The number of hydrogen-bond acceptors (Lipinski definition) is 1. The van der Waals surface area contributed by atoms with Gasteiger partial charge in [-0.1, -0.05) is 412 Å². The van der Waals surface area contributed by atoms with Crippen molar-refractivity contribution in [2.45, 2.75) is 17.3 Å². The van der Waals surface area contributed by atoms with Crippen LogP contribution in [-0.2, 0) is 17.3 Å². The molecule has 0 N–H and O–H groups in total. The molecule has 1 nitrogen and oxygen atoms in total. The van der Waals surface area contributed by atoms with Gasteiger partial charge in [-0.25, -0.2) is 0 Å². The molecule has 0 heterocycles. The first kappa shape index (κ1) is 69.6. The number of halogens is 1. The first-order valence-corrected chi connectivity index (χ1v) is 38.0. The van der Waals surface area contributed by atoms with E-state index in [-0.39, 0.29) is 12.8 Å². The Kier molecular flexibility index (Phi) is 19.5. The molecule has 0 amide bonds. The average Bonchev–Trinajstić information content (AvgIpc) is 1.54. The van der Waals surface area contributed by atoms with Crippen LogP contribution in [-0.4, -0.2) is 0 Å². The number of anilines is 3. The van der Waals surface area contributed by atoms with E-state index in [9.17, 15) is 0 Å². The molecule has 0 radical (unpaired) electrons. The highest BCUT2D eigenvalue weighted by molar-refractivity contribution is 6.30. The molecule has 0 spiro atoms. The van der Waals surface area contributed by atoms with Crippen LogP contribution in [0.5, 0.6) is 0 Å². The topological polar surface area (TPSA) is 3.24 Å². The lowest BCUT2D eigenvalue weighted by Crippen LogP contribution is -2.28. The number of benzene rings is 18. The molecule has 110 heavy (non-hydrogen) atoms. The molecule has 0 aliphatic heterocycles. The van der Waals surface area contributed by atoms with Crippen molar-refractivity contribution >= 4 is 50.2 Å². The van der Waals surface area contributed by atoms with Crippen molar-refractivity contribution in [2.24, 2.45) is 0 Å². The number of nitrogens with zero attached hydrogens (tertiary/aromatic N) is 1. The Labute approximate surface area is 651 Å². The van der Waals surface area contributed by atoms with Gasteiger partial charge in [0.05, 0.1) is 10.8 Å². The summed E-state index contributed by atoms with van der Waals surface area (Å²) in [7, 11) is 0. The van der Waals surface area contributed by atoms with Gasteiger partial charge in [0.1, 0.15) is 0 Å². The molecule has 0 unspecified atom stereocenters. The summed E-state index contributed by atoms with van der Waals surface area (Å²) in [6.45, 7) is 0. The lowest BCUT2D eigenvalue weighted by molar-refractivity contribution is 0.768. The summed E-state index contributed by atoms with van der Waals surface area (Å²) in [6.07, 6.45) is 0.983. The van der Waals surface area contributed by atoms with Crippen molar-refractivity contribution in [3.05, 3.63) is 517 Å². The summed E-state index contributed by atoms with van der Waals surface area (Å²) < 4.78 is 0. The largest absolute Gasteiger partial charge is 0.358 e. The standard InChI is InChI=1S/C53H37N.C31H21Cl.C23H18.CH3/c1-4-18-41(19-5-1)53(42-20-6-2-7-21-42)50-28-13-12-25-49(50)52-48(27-15-29-51(52)53)40-32-36-45(37-33-40)54(43-22-8-3-9-23-43)44-34-30-39(31-35-44)47-26-14-17-38-16-10-11-24-46(38)47;32-25-20-18-22(19-21-25)26-15-9-17-29-30(26)27-14-7-8-16-28(27)31(29,23-10-3-1-4-11-23)24-12-5-2-6-13-24;1-2-7-18(8-3-1)17-19-13-15-21(16-14-19)23-12-6-10-20-9-4-5-11-22(20)23;/h1-37H;1-21H;1-16H,17H2;1H3/q;;;-1. The number of hydrogen-bond donors (Lipinski definition) is 0.